The highest BCUT2D eigenvalue weighted by molar-refractivity contribution is 9.10. The van der Waals surface area contributed by atoms with Gasteiger partial charge in [0.2, 0.25) is 0 Å². The molecule has 82 valence electrons. The number of rotatable bonds is 5. The first-order chi connectivity index (χ1) is 7.17. The maximum Gasteiger partial charge on any atom is 0.188 e. The smallest absolute Gasteiger partial charge is 0.188 e. The van der Waals surface area contributed by atoms with E-state index in [1.165, 1.54) is 4.88 Å². The average Bonchev–Trinajstić information content (AvgIpc) is 2.56. The second-order valence-electron chi connectivity index (χ2n) is 3.20. The predicted molar refractivity (Wildman–Crippen MR) is 65.1 cm³/mol. The molecule has 1 unspecified atom stereocenters. The molecule has 3 nitrogen and oxygen atoms in total. The Hall–Kier alpha value is -0.570. The van der Waals surface area contributed by atoms with Gasteiger partial charge in [0.1, 0.15) is 0 Å². The zero-order valence-corrected chi connectivity index (χ0v) is 11.1. The van der Waals surface area contributed by atoms with E-state index in [-0.39, 0.29) is 6.04 Å². The Balaban J connectivity index is 2.48. The van der Waals surface area contributed by atoms with Gasteiger partial charge in [-0.3, -0.25) is 0 Å². The van der Waals surface area contributed by atoms with E-state index < -0.39 is 0 Å². The van der Waals surface area contributed by atoms with Crippen molar-refractivity contribution in [3.05, 3.63) is 15.4 Å². The summed E-state index contributed by atoms with van der Waals surface area (Å²) < 4.78 is 6.16. The summed E-state index contributed by atoms with van der Waals surface area (Å²) in [7, 11) is 1.66. The molecule has 1 aromatic heterocycles. The molecule has 0 radical (unpaired) electrons. The molecule has 5 heteroatoms. The summed E-state index contributed by atoms with van der Waals surface area (Å²) in [6.07, 6.45) is 0.531. The molecule has 15 heavy (non-hydrogen) atoms. The maximum absolute atomic E-state index is 8.51. The van der Waals surface area contributed by atoms with Crippen molar-refractivity contribution in [2.24, 2.45) is 0 Å². The highest BCUT2D eigenvalue weighted by atomic mass is 79.9. The molecule has 0 saturated heterocycles. The summed E-state index contributed by atoms with van der Waals surface area (Å²) in [6, 6.07) is 4.40. The van der Waals surface area contributed by atoms with Crippen LogP contribution in [0.5, 0.6) is 5.06 Å². The number of thiophene rings is 1. The van der Waals surface area contributed by atoms with Gasteiger partial charge in [-0.1, -0.05) is 0 Å². The Morgan fingerprint density at radius 3 is 3.00 bits per heavy atom. The van der Waals surface area contributed by atoms with Gasteiger partial charge in [-0.25, -0.2) is 0 Å². The summed E-state index contributed by atoms with van der Waals surface area (Å²) in [6.45, 7) is 2.78. The second-order valence-corrected chi connectivity index (χ2v) is 5.15. The second kappa shape index (κ2) is 6.11. The van der Waals surface area contributed by atoms with Crippen LogP contribution < -0.4 is 10.1 Å². The molecule has 1 atom stereocenters. The van der Waals surface area contributed by atoms with Gasteiger partial charge < -0.3 is 10.1 Å². The zero-order valence-electron chi connectivity index (χ0n) is 8.71. The van der Waals surface area contributed by atoms with Crippen molar-refractivity contribution in [2.45, 2.75) is 25.9 Å². The summed E-state index contributed by atoms with van der Waals surface area (Å²) in [4.78, 5) is 1.20. The molecule has 1 rings (SSSR count). The van der Waals surface area contributed by atoms with Crippen molar-refractivity contribution < 1.29 is 4.74 Å². The van der Waals surface area contributed by atoms with Crippen LogP contribution in [-0.2, 0) is 6.54 Å². The lowest BCUT2D eigenvalue weighted by Crippen LogP contribution is -2.24. The first-order valence-electron chi connectivity index (χ1n) is 4.60. The van der Waals surface area contributed by atoms with Crippen LogP contribution >= 0.6 is 27.3 Å². The fourth-order valence-corrected chi connectivity index (χ4v) is 2.75. The Morgan fingerprint density at radius 2 is 2.47 bits per heavy atom. The number of nitrogens with one attached hydrogen (secondary N) is 1. The fourth-order valence-electron chi connectivity index (χ4n) is 1.11. The van der Waals surface area contributed by atoms with Gasteiger partial charge in [0.25, 0.3) is 0 Å². The molecule has 1 aromatic rings. The molecule has 1 heterocycles. The fraction of sp³-hybridized carbons (Fsp3) is 0.500. The van der Waals surface area contributed by atoms with Crippen LogP contribution in [0.1, 0.15) is 18.2 Å². The molecule has 0 amide bonds. The molecule has 0 bridgehead atoms. The zero-order chi connectivity index (χ0) is 11.3. The summed E-state index contributed by atoms with van der Waals surface area (Å²) in [5.41, 5.74) is 0. The van der Waals surface area contributed by atoms with E-state index >= 15 is 0 Å². The summed E-state index contributed by atoms with van der Waals surface area (Å²) >= 11 is 5.03. The van der Waals surface area contributed by atoms with E-state index in [1.807, 2.05) is 13.0 Å². The Labute approximate surface area is 102 Å². The lowest BCUT2D eigenvalue weighted by Gasteiger charge is -2.07. The van der Waals surface area contributed by atoms with Crippen LogP contribution in [0.15, 0.2) is 10.5 Å². The van der Waals surface area contributed by atoms with Crippen LogP contribution in [0.3, 0.4) is 0 Å². The largest absolute Gasteiger partial charge is 0.486 e. The van der Waals surface area contributed by atoms with Crippen LogP contribution in [0, 0.1) is 11.3 Å². The third-order valence-corrected chi connectivity index (χ3v) is 3.86. The highest BCUT2D eigenvalue weighted by Gasteiger charge is 2.07. The van der Waals surface area contributed by atoms with Crippen LogP contribution in [0.25, 0.3) is 0 Å². The first kappa shape index (κ1) is 12.5. The van der Waals surface area contributed by atoms with Crippen molar-refractivity contribution in [3.63, 3.8) is 0 Å². The topological polar surface area (TPSA) is 45.0 Å². The lowest BCUT2D eigenvalue weighted by atomic mass is 10.2. The first-order valence-corrected chi connectivity index (χ1v) is 6.20. The van der Waals surface area contributed by atoms with E-state index in [4.69, 9.17) is 10.00 Å². The monoisotopic (exact) mass is 288 g/mol. The quantitative estimate of drug-likeness (QED) is 0.906. The number of nitriles is 1. The summed E-state index contributed by atoms with van der Waals surface area (Å²) in [5, 5.41) is 12.7. The normalized spacial score (nSPS) is 12.1. The van der Waals surface area contributed by atoms with Crippen molar-refractivity contribution in [2.75, 3.05) is 7.11 Å². The molecule has 0 spiro atoms. The van der Waals surface area contributed by atoms with E-state index in [0.717, 1.165) is 16.1 Å². The predicted octanol–water partition coefficient (Wildman–Crippen LogP) is 2.91. The SMILES string of the molecule is COc1sc(CNC(C)CC#N)cc1Br. The number of hydrogen-bond acceptors (Lipinski definition) is 4. The van der Waals surface area contributed by atoms with E-state index in [9.17, 15) is 0 Å². The van der Waals surface area contributed by atoms with E-state index in [0.29, 0.717) is 6.42 Å². The van der Waals surface area contributed by atoms with Crippen molar-refractivity contribution in [3.8, 4) is 11.1 Å². The Kier molecular flexibility index (Phi) is 5.09. The lowest BCUT2D eigenvalue weighted by molar-refractivity contribution is 0.425. The third kappa shape index (κ3) is 3.82. The number of nitrogens with zero attached hydrogens (tertiary/aromatic N) is 1. The third-order valence-electron chi connectivity index (χ3n) is 1.91. The molecule has 1 N–H and O–H groups in total. The van der Waals surface area contributed by atoms with Gasteiger partial charge in [-0.15, -0.1) is 11.3 Å². The van der Waals surface area contributed by atoms with Gasteiger partial charge in [-0.2, -0.15) is 5.26 Å². The van der Waals surface area contributed by atoms with Gasteiger partial charge in [0.15, 0.2) is 5.06 Å². The van der Waals surface area contributed by atoms with E-state index in [2.05, 4.69) is 27.3 Å². The highest BCUT2D eigenvalue weighted by Crippen LogP contribution is 2.34. The van der Waals surface area contributed by atoms with Gasteiger partial charge >= 0.3 is 0 Å². The van der Waals surface area contributed by atoms with Crippen LogP contribution in [-0.4, -0.2) is 13.2 Å². The van der Waals surface area contributed by atoms with Gasteiger partial charge in [0, 0.05) is 17.5 Å². The molecule has 0 aliphatic heterocycles. The molecular formula is C10H13BrN2OS. The maximum atomic E-state index is 8.51. The van der Waals surface area contributed by atoms with Gasteiger partial charge in [-0.05, 0) is 28.9 Å². The molecule has 0 saturated carbocycles. The Morgan fingerprint density at radius 1 is 1.73 bits per heavy atom. The molecule has 0 fully saturated rings. The molecule has 0 aromatic carbocycles. The molecule has 0 aliphatic carbocycles. The van der Waals surface area contributed by atoms with E-state index in [1.54, 1.807) is 18.4 Å². The summed E-state index contributed by atoms with van der Waals surface area (Å²) in [5.74, 6) is 0. The minimum atomic E-state index is 0.224. The van der Waals surface area contributed by atoms with Crippen LogP contribution in [0.4, 0.5) is 0 Å². The number of ether oxygens (including phenoxy) is 1. The van der Waals surface area contributed by atoms with Crippen LogP contribution in [0.2, 0.25) is 0 Å². The minimum absolute atomic E-state index is 0.224. The number of hydrogen-bond donors (Lipinski definition) is 1. The molecule has 0 aliphatic rings. The van der Waals surface area contributed by atoms with Crippen molar-refractivity contribution >= 4 is 27.3 Å². The number of methoxy groups -OCH3 is 1. The average molecular weight is 289 g/mol. The standard InChI is InChI=1S/C10H13BrN2OS/c1-7(3-4-12)13-6-8-5-9(11)10(14-2)15-8/h5,7,13H,3,6H2,1-2H3. The minimum Gasteiger partial charge on any atom is -0.486 e. The Bertz CT molecular complexity index is 359. The van der Waals surface area contributed by atoms with Crippen molar-refractivity contribution in [1.29, 1.82) is 5.26 Å². The van der Waals surface area contributed by atoms with Crippen molar-refractivity contribution in [1.82, 2.24) is 5.32 Å². The number of halogens is 1. The van der Waals surface area contributed by atoms with Gasteiger partial charge in [0.05, 0.1) is 24.1 Å². The molecular weight excluding hydrogens is 276 g/mol.